The van der Waals surface area contributed by atoms with Crippen molar-refractivity contribution in [2.45, 2.75) is 37.0 Å². The van der Waals surface area contributed by atoms with Crippen molar-refractivity contribution in [2.75, 3.05) is 48.5 Å². The second-order valence-electron chi connectivity index (χ2n) is 7.41. The van der Waals surface area contributed by atoms with Crippen molar-refractivity contribution in [3.63, 3.8) is 0 Å². The Balaban J connectivity index is 0.00000300. The number of hydrazine groups is 1. The van der Waals surface area contributed by atoms with Crippen molar-refractivity contribution < 1.29 is 0 Å². The fraction of sp³-hybridized carbons (Fsp3) is 0.733. The van der Waals surface area contributed by atoms with Gasteiger partial charge >= 0.3 is 0 Å². The zero-order valence-electron chi connectivity index (χ0n) is 16.4. The number of nitrogens with two attached hydrogens (primary N) is 4. The predicted octanol–water partition coefficient (Wildman–Crippen LogP) is -2.56. The first-order chi connectivity index (χ1) is 13.3. The van der Waals surface area contributed by atoms with E-state index in [9.17, 15) is 0 Å². The van der Waals surface area contributed by atoms with Crippen LogP contribution >= 0.6 is 24.6 Å². The Kier molecular flexibility index (Phi) is 8.36. The molecular formula is C15H31ClN12S. The van der Waals surface area contributed by atoms with Crippen molar-refractivity contribution in [2.24, 2.45) is 22.9 Å². The summed E-state index contributed by atoms with van der Waals surface area (Å²) in [4.78, 5) is 17.6. The number of hydrogen-bond donors (Lipinski definition) is 7. The number of piperidine rings is 2. The minimum absolute atomic E-state index is 0. The predicted molar refractivity (Wildman–Crippen MR) is 121 cm³/mol. The van der Waals surface area contributed by atoms with Crippen LogP contribution in [0.5, 0.6) is 0 Å². The highest BCUT2D eigenvalue weighted by atomic mass is 35.5. The lowest BCUT2D eigenvalue weighted by atomic mass is 10.0. The standard InChI is InChI=1S/C15H30N12S.ClH/c1-20-15(28)25-24-12-21-13(26-4-8(16)2-9(17)5-26)23-14(22-12)27-6-10(18)3-11(19)7-27;/h8-11H,2-7,16-19H2,1H3,(H2,20,25,28)(H,21,22,23,24);1H/t8-,9+,10-,11+;. The Morgan fingerprint density at radius 2 is 1.28 bits per heavy atom. The molecule has 0 unspecified atom stereocenters. The summed E-state index contributed by atoms with van der Waals surface area (Å²) in [5.41, 5.74) is 30.3. The maximum atomic E-state index is 6.13. The molecule has 11 N–H and O–H groups in total. The molecule has 2 aliphatic rings. The van der Waals surface area contributed by atoms with Gasteiger partial charge in [0.25, 0.3) is 0 Å². The molecule has 0 aromatic carbocycles. The molecule has 0 bridgehead atoms. The monoisotopic (exact) mass is 446 g/mol. The summed E-state index contributed by atoms with van der Waals surface area (Å²) >= 11 is 5.09. The number of hydrogen-bond acceptors (Lipinski definition) is 11. The minimum Gasteiger partial charge on any atom is -0.364 e. The van der Waals surface area contributed by atoms with Crippen molar-refractivity contribution in [3.05, 3.63) is 0 Å². The van der Waals surface area contributed by atoms with E-state index in [0.717, 1.165) is 12.8 Å². The van der Waals surface area contributed by atoms with E-state index in [1.807, 2.05) is 9.80 Å². The fourth-order valence-electron chi connectivity index (χ4n) is 3.55. The maximum Gasteiger partial charge on any atom is 0.248 e. The summed E-state index contributed by atoms with van der Waals surface area (Å²) < 4.78 is 0. The Hall–Kier alpha value is -1.77. The number of halogens is 1. The van der Waals surface area contributed by atoms with E-state index < -0.39 is 0 Å². The Labute approximate surface area is 181 Å². The van der Waals surface area contributed by atoms with Crippen LogP contribution in [0.3, 0.4) is 0 Å². The van der Waals surface area contributed by atoms with Crippen LogP contribution in [0.1, 0.15) is 12.8 Å². The third kappa shape index (κ3) is 6.35. The lowest BCUT2D eigenvalue weighted by molar-refractivity contribution is 0.441. The average molecular weight is 447 g/mol. The van der Waals surface area contributed by atoms with Gasteiger partial charge in [0.15, 0.2) is 5.11 Å². The third-order valence-electron chi connectivity index (χ3n) is 4.72. The summed E-state index contributed by atoms with van der Waals surface area (Å²) in [6, 6.07) is -0.140. The number of nitrogens with one attached hydrogen (secondary N) is 3. The van der Waals surface area contributed by atoms with E-state index in [4.69, 9.17) is 35.2 Å². The van der Waals surface area contributed by atoms with Gasteiger partial charge in [-0.05, 0) is 25.1 Å². The van der Waals surface area contributed by atoms with E-state index >= 15 is 0 Å². The Morgan fingerprint density at radius 1 is 0.862 bits per heavy atom. The van der Waals surface area contributed by atoms with Crippen molar-refractivity contribution >= 4 is 47.6 Å². The lowest BCUT2D eigenvalue weighted by Gasteiger charge is -2.37. The van der Waals surface area contributed by atoms with Gasteiger partial charge in [-0.2, -0.15) is 15.0 Å². The fourth-order valence-corrected chi connectivity index (χ4v) is 3.60. The topological polar surface area (TPSA) is 185 Å². The van der Waals surface area contributed by atoms with E-state index in [1.54, 1.807) is 7.05 Å². The van der Waals surface area contributed by atoms with E-state index in [-0.39, 0.29) is 36.6 Å². The van der Waals surface area contributed by atoms with Gasteiger partial charge in [-0.15, -0.1) is 12.4 Å². The molecule has 12 nitrogen and oxygen atoms in total. The smallest absolute Gasteiger partial charge is 0.248 e. The third-order valence-corrected chi connectivity index (χ3v) is 5.03. The molecule has 0 amide bonds. The van der Waals surface area contributed by atoms with Gasteiger partial charge in [0.05, 0.1) is 0 Å². The van der Waals surface area contributed by atoms with Gasteiger partial charge in [0, 0.05) is 57.4 Å². The van der Waals surface area contributed by atoms with E-state index in [1.165, 1.54) is 0 Å². The Morgan fingerprint density at radius 3 is 1.66 bits per heavy atom. The molecule has 2 fully saturated rings. The summed E-state index contributed by atoms with van der Waals surface area (Å²) in [5, 5.41) is 3.22. The summed E-state index contributed by atoms with van der Waals surface area (Å²) in [6.07, 6.45) is 1.54. The molecule has 0 saturated carbocycles. The molecule has 0 radical (unpaired) electrons. The first-order valence-electron chi connectivity index (χ1n) is 9.36. The summed E-state index contributed by atoms with van der Waals surface area (Å²) in [6.45, 7) is 2.49. The molecule has 2 saturated heterocycles. The molecule has 29 heavy (non-hydrogen) atoms. The van der Waals surface area contributed by atoms with Gasteiger partial charge in [0.2, 0.25) is 17.8 Å². The molecule has 2 aliphatic heterocycles. The number of anilines is 3. The van der Waals surface area contributed by atoms with Crippen LogP contribution in [0.4, 0.5) is 17.8 Å². The summed E-state index contributed by atoms with van der Waals surface area (Å²) in [7, 11) is 1.72. The van der Waals surface area contributed by atoms with Crippen LogP contribution in [0.2, 0.25) is 0 Å². The molecule has 1 aromatic heterocycles. The van der Waals surface area contributed by atoms with Crippen molar-refractivity contribution in [3.8, 4) is 0 Å². The number of nitrogens with zero attached hydrogens (tertiary/aromatic N) is 5. The highest BCUT2D eigenvalue weighted by Gasteiger charge is 2.28. The van der Waals surface area contributed by atoms with Crippen molar-refractivity contribution in [1.29, 1.82) is 0 Å². The molecule has 4 atom stereocenters. The number of rotatable bonds is 4. The molecule has 1 aromatic rings. The first kappa shape index (κ1) is 23.5. The highest BCUT2D eigenvalue weighted by Crippen LogP contribution is 2.21. The highest BCUT2D eigenvalue weighted by molar-refractivity contribution is 7.80. The average Bonchev–Trinajstić information content (AvgIpc) is 2.64. The Bertz CT molecular complexity index is 629. The maximum absolute atomic E-state index is 6.13. The minimum atomic E-state index is -0.0350. The van der Waals surface area contributed by atoms with Crippen LogP contribution in [-0.2, 0) is 0 Å². The second-order valence-corrected chi connectivity index (χ2v) is 7.82. The summed E-state index contributed by atoms with van der Waals surface area (Å²) in [5.74, 6) is 1.34. The molecule has 3 heterocycles. The normalized spacial score (nSPS) is 27.1. The van der Waals surface area contributed by atoms with Crippen LogP contribution in [-0.4, -0.2) is 77.5 Å². The SMILES string of the molecule is CNC(=S)NNc1nc(N2C[C@H](N)C[C@H](N)C2)nc(N2C[C@H](N)C[C@H](N)C2)n1.Cl. The second kappa shape index (κ2) is 10.3. The van der Waals surface area contributed by atoms with Crippen LogP contribution in [0, 0.1) is 0 Å². The number of aromatic nitrogens is 3. The van der Waals surface area contributed by atoms with Gasteiger partial charge < -0.3 is 38.1 Å². The zero-order valence-corrected chi connectivity index (χ0v) is 18.0. The molecule has 0 spiro atoms. The van der Waals surface area contributed by atoms with E-state index in [0.29, 0.717) is 49.1 Å². The largest absolute Gasteiger partial charge is 0.364 e. The molecule has 14 heteroatoms. The van der Waals surface area contributed by atoms with Crippen LogP contribution < -0.4 is 48.9 Å². The molecule has 3 rings (SSSR count). The van der Waals surface area contributed by atoms with Crippen molar-refractivity contribution in [1.82, 2.24) is 25.7 Å². The van der Waals surface area contributed by atoms with Gasteiger partial charge in [-0.25, -0.2) is 0 Å². The molecular weight excluding hydrogens is 416 g/mol. The molecule has 0 aliphatic carbocycles. The van der Waals surface area contributed by atoms with Gasteiger partial charge in [0.1, 0.15) is 0 Å². The van der Waals surface area contributed by atoms with Gasteiger partial charge in [-0.1, -0.05) is 0 Å². The zero-order chi connectivity index (χ0) is 20.3. The van der Waals surface area contributed by atoms with E-state index in [2.05, 4.69) is 31.1 Å². The first-order valence-corrected chi connectivity index (χ1v) is 9.77. The lowest BCUT2D eigenvalue weighted by Crippen LogP contribution is -2.54. The molecule has 164 valence electrons. The quantitative estimate of drug-likeness (QED) is 0.189. The van der Waals surface area contributed by atoms with Crippen LogP contribution in [0.15, 0.2) is 0 Å². The number of thiocarbonyl (C=S) groups is 1. The van der Waals surface area contributed by atoms with Crippen LogP contribution in [0.25, 0.3) is 0 Å². The van der Waals surface area contributed by atoms with Gasteiger partial charge in [-0.3, -0.25) is 10.9 Å².